The number of alkyl halides is 3. The van der Waals surface area contributed by atoms with Gasteiger partial charge in [-0.1, -0.05) is 0 Å². The van der Waals surface area contributed by atoms with E-state index in [1.165, 1.54) is 17.9 Å². The number of pyridine rings is 1. The largest absolute Gasteiger partial charge is 0.408 e. The Morgan fingerprint density at radius 1 is 1.38 bits per heavy atom. The van der Waals surface area contributed by atoms with Crippen molar-refractivity contribution in [2.75, 3.05) is 22.9 Å². The molecule has 1 N–H and O–H groups in total. The summed E-state index contributed by atoms with van der Waals surface area (Å²) in [6, 6.07) is 1.02. The van der Waals surface area contributed by atoms with Gasteiger partial charge in [-0.05, 0) is 25.5 Å². The number of rotatable bonds is 2. The molecule has 0 saturated carbocycles. The normalized spacial score (nSPS) is 20.6. The fourth-order valence-electron chi connectivity index (χ4n) is 3.09. The molecule has 1 aromatic heterocycles. The number of hydrogen-bond acceptors (Lipinski definition) is 4. The van der Waals surface area contributed by atoms with Gasteiger partial charge >= 0.3 is 6.18 Å². The van der Waals surface area contributed by atoms with Crippen LogP contribution in [-0.2, 0) is 4.79 Å². The number of nitrogens with one attached hydrogen (secondary N) is 1. The molecule has 3 heterocycles. The number of fused-ring (bicyclic) bond motifs is 4. The molecule has 2 aliphatic heterocycles. The second-order valence-electron chi connectivity index (χ2n) is 6.05. The molecule has 6 nitrogen and oxygen atoms in total. The van der Waals surface area contributed by atoms with E-state index in [1.807, 2.05) is 5.32 Å². The first-order valence-electron chi connectivity index (χ1n) is 7.62. The van der Waals surface area contributed by atoms with Crippen LogP contribution in [0.2, 0.25) is 0 Å². The number of amides is 2. The second kappa shape index (κ2) is 5.64. The maximum Gasteiger partial charge on any atom is 0.408 e. The lowest BCUT2D eigenvalue weighted by molar-refractivity contribution is -0.149. The smallest absolute Gasteiger partial charge is 0.366 e. The van der Waals surface area contributed by atoms with Crippen molar-refractivity contribution in [3.05, 3.63) is 17.8 Å². The number of carbonyl (C=O) groups excluding carboxylic acids is 2. The maximum atomic E-state index is 12.6. The fourth-order valence-corrected chi connectivity index (χ4v) is 3.09. The van der Waals surface area contributed by atoms with Crippen molar-refractivity contribution in [3.63, 3.8) is 0 Å². The number of halogens is 3. The molecule has 0 aromatic carbocycles. The van der Waals surface area contributed by atoms with Gasteiger partial charge in [-0.3, -0.25) is 14.5 Å². The molecule has 9 heteroatoms. The summed E-state index contributed by atoms with van der Waals surface area (Å²) in [7, 11) is 0. The molecule has 24 heavy (non-hydrogen) atoms. The molecular formula is C15H17F3N4O2. The average Bonchev–Trinajstić information content (AvgIpc) is 2.90. The minimum absolute atomic E-state index is 0.0186. The monoisotopic (exact) mass is 342 g/mol. The van der Waals surface area contributed by atoms with E-state index >= 15 is 0 Å². The van der Waals surface area contributed by atoms with Crippen LogP contribution in [0.1, 0.15) is 30.8 Å². The maximum absolute atomic E-state index is 12.6. The molecule has 0 unspecified atom stereocenters. The second-order valence-corrected chi connectivity index (χ2v) is 6.05. The third-order valence-corrected chi connectivity index (χ3v) is 4.36. The van der Waals surface area contributed by atoms with Gasteiger partial charge in [0.05, 0.1) is 11.7 Å². The van der Waals surface area contributed by atoms with Gasteiger partial charge in [0.2, 0.25) is 5.91 Å². The molecular weight excluding hydrogens is 325 g/mol. The summed E-state index contributed by atoms with van der Waals surface area (Å²) in [6.07, 6.45) is -3.73. The quantitative estimate of drug-likeness (QED) is 0.889. The zero-order chi connectivity index (χ0) is 17.6. The van der Waals surface area contributed by atoms with Gasteiger partial charge in [0.1, 0.15) is 11.7 Å². The Morgan fingerprint density at radius 3 is 2.71 bits per heavy atom. The summed E-state index contributed by atoms with van der Waals surface area (Å²) in [4.78, 5) is 31.8. The van der Waals surface area contributed by atoms with Crippen molar-refractivity contribution >= 4 is 23.3 Å². The SMILES string of the molecule is CC(=O)N1c2nc(C(=O)N[C@H](C)C(F)(F)F)ccc2N2CC[C@H]1C2. The van der Waals surface area contributed by atoms with Crippen molar-refractivity contribution in [2.24, 2.45) is 0 Å². The first kappa shape index (κ1) is 16.5. The molecule has 3 rings (SSSR count). The Labute approximate surface area is 136 Å². The topological polar surface area (TPSA) is 65.5 Å². The van der Waals surface area contributed by atoms with E-state index in [0.29, 0.717) is 12.4 Å². The van der Waals surface area contributed by atoms with Gasteiger partial charge < -0.3 is 10.2 Å². The summed E-state index contributed by atoms with van der Waals surface area (Å²) in [6.45, 7) is 3.76. The van der Waals surface area contributed by atoms with Crippen LogP contribution in [0.3, 0.4) is 0 Å². The summed E-state index contributed by atoms with van der Waals surface area (Å²) in [5.74, 6) is -0.779. The first-order chi connectivity index (χ1) is 11.2. The van der Waals surface area contributed by atoms with Crippen LogP contribution in [0.5, 0.6) is 0 Å². The molecule has 1 saturated heterocycles. The van der Waals surface area contributed by atoms with Gasteiger partial charge in [0.25, 0.3) is 5.91 Å². The standard InChI is InChI=1S/C15H17F3N4O2/c1-8(15(16,17)18)19-14(24)11-3-4-12-13(20-11)22(9(2)23)10-5-6-21(12)7-10/h3-4,8,10H,5-7H2,1-2H3,(H,19,24)/t8-,10+/m1/s1. The van der Waals surface area contributed by atoms with Crippen LogP contribution in [0.15, 0.2) is 12.1 Å². The van der Waals surface area contributed by atoms with Crippen LogP contribution in [0, 0.1) is 0 Å². The van der Waals surface area contributed by atoms with E-state index in [2.05, 4.69) is 9.88 Å². The van der Waals surface area contributed by atoms with Gasteiger partial charge in [0.15, 0.2) is 5.82 Å². The lowest BCUT2D eigenvalue weighted by atomic mass is 10.1. The minimum Gasteiger partial charge on any atom is -0.366 e. The fraction of sp³-hybridized carbons (Fsp3) is 0.533. The number of anilines is 2. The Morgan fingerprint density at radius 2 is 2.08 bits per heavy atom. The molecule has 1 fully saturated rings. The van der Waals surface area contributed by atoms with Crippen LogP contribution >= 0.6 is 0 Å². The van der Waals surface area contributed by atoms with Crippen molar-refractivity contribution in [3.8, 4) is 0 Å². The molecule has 0 radical (unpaired) electrons. The number of hydrogen-bond donors (Lipinski definition) is 1. The van der Waals surface area contributed by atoms with Crippen molar-refractivity contribution in [2.45, 2.75) is 38.5 Å². The van der Waals surface area contributed by atoms with Crippen LogP contribution in [-0.4, -0.2) is 48.1 Å². The zero-order valence-electron chi connectivity index (χ0n) is 13.2. The molecule has 2 atom stereocenters. The highest BCUT2D eigenvalue weighted by Gasteiger charge is 2.40. The van der Waals surface area contributed by atoms with E-state index in [1.54, 1.807) is 6.07 Å². The molecule has 130 valence electrons. The lowest BCUT2D eigenvalue weighted by Gasteiger charge is -2.35. The van der Waals surface area contributed by atoms with E-state index in [4.69, 9.17) is 0 Å². The van der Waals surface area contributed by atoms with E-state index in [0.717, 1.165) is 25.6 Å². The zero-order valence-corrected chi connectivity index (χ0v) is 13.2. The third kappa shape index (κ3) is 2.78. The van der Waals surface area contributed by atoms with Gasteiger partial charge in [-0.15, -0.1) is 0 Å². The van der Waals surface area contributed by atoms with Crippen molar-refractivity contribution in [1.29, 1.82) is 0 Å². The predicted octanol–water partition coefficient (Wildman–Crippen LogP) is 1.71. The predicted molar refractivity (Wildman–Crippen MR) is 81.0 cm³/mol. The van der Waals surface area contributed by atoms with Crippen LogP contribution < -0.4 is 15.1 Å². The lowest BCUT2D eigenvalue weighted by Crippen LogP contribution is -2.46. The highest BCUT2D eigenvalue weighted by molar-refractivity contribution is 5.99. The van der Waals surface area contributed by atoms with E-state index < -0.39 is 18.1 Å². The first-order valence-corrected chi connectivity index (χ1v) is 7.62. The highest BCUT2D eigenvalue weighted by Crippen LogP contribution is 2.38. The summed E-state index contributed by atoms with van der Waals surface area (Å²) >= 11 is 0. The summed E-state index contributed by atoms with van der Waals surface area (Å²) in [5.41, 5.74) is 0.581. The summed E-state index contributed by atoms with van der Waals surface area (Å²) in [5, 5.41) is 1.88. The van der Waals surface area contributed by atoms with E-state index in [9.17, 15) is 22.8 Å². The highest BCUT2D eigenvalue weighted by atomic mass is 19.4. The molecule has 2 amide bonds. The van der Waals surface area contributed by atoms with Gasteiger partial charge in [-0.2, -0.15) is 13.2 Å². The number of nitrogens with zero attached hydrogens (tertiary/aromatic N) is 3. The molecule has 1 aromatic rings. The Hall–Kier alpha value is -2.32. The Kier molecular flexibility index (Phi) is 3.89. The molecule has 0 aliphatic carbocycles. The molecule has 2 bridgehead atoms. The van der Waals surface area contributed by atoms with E-state index in [-0.39, 0.29) is 17.6 Å². The van der Waals surface area contributed by atoms with Gasteiger partial charge in [-0.25, -0.2) is 4.98 Å². The average molecular weight is 342 g/mol. The Bertz CT molecular complexity index is 692. The minimum atomic E-state index is -4.53. The molecule has 2 aliphatic rings. The summed E-state index contributed by atoms with van der Waals surface area (Å²) < 4.78 is 37.7. The van der Waals surface area contributed by atoms with Crippen molar-refractivity contribution < 1.29 is 22.8 Å². The van der Waals surface area contributed by atoms with Crippen LogP contribution in [0.4, 0.5) is 24.7 Å². The third-order valence-electron chi connectivity index (χ3n) is 4.36. The van der Waals surface area contributed by atoms with Gasteiger partial charge in [0, 0.05) is 20.0 Å². The van der Waals surface area contributed by atoms with Crippen molar-refractivity contribution in [1.82, 2.24) is 10.3 Å². The molecule has 0 spiro atoms. The number of aromatic nitrogens is 1. The van der Waals surface area contributed by atoms with Crippen LogP contribution in [0.25, 0.3) is 0 Å². The Balaban J connectivity index is 1.91. The number of carbonyl (C=O) groups is 2.